The van der Waals surface area contributed by atoms with Crippen molar-refractivity contribution in [2.75, 3.05) is 20.1 Å². The summed E-state index contributed by atoms with van der Waals surface area (Å²) in [5.74, 6) is -1.22. The van der Waals surface area contributed by atoms with Gasteiger partial charge in [-0.25, -0.2) is 13.6 Å². The monoisotopic (exact) mass is 545 g/mol. The van der Waals surface area contributed by atoms with E-state index in [0.29, 0.717) is 18.9 Å². The summed E-state index contributed by atoms with van der Waals surface area (Å²) in [6.45, 7) is 9.90. The van der Waals surface area contributed by atoms with Gasteiger partial charge in [-0.1, -0.05) is 38.1 Å². The number of likely N-dealkylation sites (tertiary alicyclic amines) is 1. The number of hydrogen-bond acceptors (Lipinski definition) is 5. The number of halogens is 2. The third-order valence-corrected chi connectivity index (χ3v) is 7.05. The fraction of sp³-hybridized carbons (Fsp3) is 0.533. The van der Waals surface area contributed by atoms with Crippen LogP contribution in [0.2, 0.25) is 0 Å². The lowest BCUT2D eigenvalue weighted by atomic mass is 9.79. The smallest absolute Gasteiger partial charge is 0.407 e. The number of amides is 2. The lowest BCUT2D eigenvalue weighted by Gasteiger charge is -2.42. The number of ether oxygens (including phenoxy) is 1. The summed E-state index contributed by atoms with van der Waals surface area (Å²) < 4.78 is 33.1. The Morgan fingerprint density at radius 3 is 2.41 bits per heavy atom. The number of aliphatic hydroxyl groups excluding tert-OH is 1. The van der Waals surface area contributed by atoms with E-state index in [9.17, 15) is 23.5 Å². The summed E-state index contributed by atoms with van der Waals surface area (Å²) in [6.07, 6.45) is -1.12. The molecule has 1 aliphatic rings. The molecule has 0 saturated carbocycles. The molecule has 1 aliphatic heterocycles. The number of nitrogens with one attached hydrogen (secondary N) is 2. The number of benzene rings is 2. The van der Waals surface area contributed by atoms with Gasteiger partial charge in [-0.05, 0) is 68.4 Å². The second-order valence-corrected chi connectivity index (χ2v) is 11.8. The minimum Gasteiger partial charge on any atom is -0.444 e. The number of alkyl carbamates (subject to hydrolysis) is 1. The number of hydrogen-bond donors (Lipinski definition) is 3. The Labute approximate surface area is 229 Å². The summed E-state index contributed by atoms with van der Waals surface area (Å²) in [5, 5.41) is 17.4. The molecule has 1 fully saturated rings. The molecule has 1 heterocycles. The van der Waals surface area contributed by atoms with Gasteiger partial charge in [0.1, 0.15) is 17.2 Å². The minimum atomic E-state index is -1.16. The first-order valence-corrected chi connectivity index (χ1v) is 13.4. The second kappa shape index (κ2) is 12.4. The first kappa shape index (κ1) is 30.5. The van der Waals surface area contributed by atoms with Crippen LogP contribution < -0.4 is 10.6 Å². The molecule has 0 spiro atoms. The second-order valence-electron chi connectivity index (χ2n) is 11.8. The van der Waals surface area contributed by atoms with Gasteiger partial charge in [-0.15, -0.1) is 0 Å². The summed E-state index contributed by atoms with van der Waals surface area (Å²) in [6, 6.07) is 10.3. The van der Waals surface area contributed by atoms with Crippen molar-refractivity contribution < 1.29 is 28.2 Å². The average molecular weight is 546 g/mol. The zero-order valence-electron chi connectivity index (χ0n) is 23.7. The van der Waals surface area contributed by atoms with E-state index in [1.165, 1.54) is 12.1 Å². The van der Waals surface area contributed by atoms with Gasteiger partial charge in [0.05, 0.1) is 17.7 Å². The molecule has 1 unspecified atom stereocenters. The Balaban J connectivity index is 1.87. The highest BCUT2D eigenvalue weighted by Crippen LogP contribution is 2.35. The maximum absolute atomic E-state index is 13.9. The molecule has 2 aromatic rings. The summed E-state index contributed by atoms with van der Waals surface area (Å²) >= 11 is 0. The predicted molar refractivity (Wildman–Crippen MR) is 146 cm³/mol. The Morgan fingerprint density at radius 2 is 1.82 bits per heavy atom. The third-order valence-electron chi connectivity index (χ3n) is 7.05. The van der Waals surface area contributed by atoms with E-state index < -0.39 is 41.0 Å². The first-order chi connectivity index (χ1) is 18.2. The lowest BCUT2D eigenvalue weighted by Crippen LogP contribution is -2.57. The first-order valence-electron chi connectivity index (χ1n) is 13.4. The van der Waals surface area contributed by atoms with Crippen LogP contribution >= 0.6 is 0 Å². The summed E-state index contributed by atoms with van der Waals surface area (Å²) in [4.78, 5) is 27.1. The lowest BCUT2D eigenvalue weighted by molar-refractivity contribution is -0.135. The van der Waals surface area contributed by atoms with E-state index in [1.54, 1.807) is 32.7 Å². The standard InChI is InChI=1S/C30H41F2N3O4/c1-19(2)21-8-7-9-22(15-21)30(10-11-35(6)27(37)17-30)33-18-26(36)25(34-28(38)39-29(3,4)5)14-20-12-23(31)16-24(32)13-20/h7-9,12-13,15-16,19,25-26,33,36H,10-11,14,17-18H2,1-6H3,(H,34,38)/t25-,26+,30?/m0/s1. The molecule has 3 atom stereocenters. The molecule has 2 aromatic carbocycles. The van der Waals surface area contributed by atoms with Gasteiger partial charge < -0.3 is 25.4 Å². The van der Waals surface area contributed by atoms with Crippen molar-refractivity contribution in [3.05, 3.63) is 70.8 Å². The van der Waals surface area contributed by atoms with Crippen LogP contribution in [-0.4, -0.2) is 59.9 Å². The molecule has 0 aliphatic carbocycles. The van der Waals surface area contributed by atoms with E-state index in [2.05, 4.69) is 30.5 Å². The molecule has 39 heavy (non-hydrogen) atoms. The number of aliphatic hydroxyl groups is 1. The van der Waals surface area contributed by atoms with E-state index in [1.807, 2.05) is 18.2 Å². The van der Waals surface area contributed by atoms with Gasteiger partial charge in [-0.3, -0.25) is 4.79 Å². The van der Waals surface area contributed by atoms with Crippen LogP contribution in [0, 0.1) is 11.6 Å². The van der Waals surface area contributed by atoms with Crippen molar-refractivity contribution in [2.24, 2.45) is 0 Å². The SMILES string of the molecule is CC(C)c1cccc(C2(NC[C@@H](O)[C@H](Cc3cc(F)cc(F)c3)NC(=O)OC(C)(C)C)CCN(C)C(=O)C2)c1. The largest absolute Gasteiger partial charge is 0.444 e. The molecule has 0 bridgehead atoms. The van der Waals surface area contributed by atoms with Crippen LogP contribution in [0.5, 0.6) is 0 Å². The fourth-order valence-corrected chi connectivity index (χ4v) is 4.83. The highest BCUT2D eigenvalue weighted by Gasteiger charge is 2.40. The van der Waals surface area contributed by atoms with Crippen LogP contribution in [0.4, 0.5) is 13.6 Å². The average Bonchev–Trinajstić information content (AvgIpc) is 2.82. The Hall–Kier alpha value is -3.04. The zero-order chi connectivity index (χ0) is 29.0. The van der Waals surface area contributed by atoms with Crippen LogP contribution in [0.3, 0.4) is 0 Å². The zero-order valence-corrected chi connectivity index (χ0v) is 23.7. The van der Waals surface area contributed by atoms with Crippen LogP contribution in [0.1, 0.15) is 70.1 Å². The fourth-order valence-electron chi connectivity index (χ4n) is 4.83. The summed E-state index contributed by atoms with van der Waals surface area (Å²) in [7, 11) is 1.77. The molecule has 7 nitrogen and oxygen atoms in total. The number of carbonyl (C=O) groups excluding carboxylic acids is 2. The van der Waals surface area contributed by atoms with Gasteiger partial charge in [-0.2, -0.15) is 0 Å². The quantitative estimate of drug-likeness (QED) is 0.428. The van der Waals surface area contributed by atoms with E-state index in [4.69, 9.17) is 4.74 Å². The van der Waals surface area contributed by atoms with Crippen LogP contribution in [0.25, 0.3) is 0 Å². The Morgan fingerprint density at radius 1 is 1.15 bits per heavy atom. The Bertz CT molecular complexity index is 1150. The van der Waals surface area contributed by atoms with Crippen molar-refractivity contribution in [2.45, 2.75) is 83.1 Å². The van der Waals surface area contributed by atoms with Gasteiger partial charge in [0, 0.05) is 32.6 Å². The van der Waals surface area contributed by atoms with E-state index in [-0.39, 0.29) is 30.9 Å². The van der Waals surface area contributed by atoms with E-state index in [0.717, 1.165) is 17.2 Å². The third kappa shape index (κ3) is 8.47. The highest BCUT2D eigenvalue weighted by atomic mass is 19.1. The molecule has 3 rings (SSSR count). The van der Waals surface area contributed by atoms with Crippen molar-refractivity contribution in [3.8, 4) is 0 Å². The molecule has 9 heteroatoms. The van der Waals surface area contributed by atoms with Crippen molar-refractivity contribution in [1.29, 1.82) is 0 Å². The number of piperidine rings is 1. The highest BCUT2D eigenvalue weighted by molar-refractivity contribution is 5.78. The van der Waals surface area contributed by atoms with Crippen LogP contribution in [0.15, 0.2) is 42.5 Å². The van der Waals surface area contributed by atoms with E-state index >= 15 is 0 Å². The molecule has 3 N–H and O–H groups in total. The van der Waals surface area contributed by atoms with Gasteiger partial charge >= 0.3 is 6.09 Å². The van der Waals surface area contributed by atoms with Crippen molar-refractivity contribution in [3.63, 3.8) is 0 Å². The minimum absolute atomic E-state index is 0.0150. The van der Waals surface area contributed by atoms with Crippen LogP contribution in [-0.2, 0) is 21.5 Å². The molecule has 214 valence electrons. The molecule has 0 aromatic heterocycles. The molecule has 1 saturated heterocycles. The molecule has 0 radical (unpaired) electrons. The topological polar surface area (TPSA) is 90.9 Å². The number of carbonyl (C=O) groups is 2. The maximum Gasteiger partial charge on any atom is 0.407 e. The normalized spacial score (nSPS) is 19.6. The number of rotatable bonds is 9. The van der Waals surface area contributed by atoms with Gasteiger partial charge in [0.25, 0.3) is 0 Å². The van der Waals surface area contributed by atoms with Crippen molar-refractivity contribution >= 4 is 12.0 Å². The van der Waals surface area contributed by atoms with Crippen molar-refractivity contribution in [1.82, 2.24) is 15.5 Å². The molecule has 2 amide bonds. The van der Waals surface area contributed by atoms with Gasteiger partial charge in [0.15, 0.2) is 0 Å². The maximum atomic E-state index is 13.9. The Kier molecular flexibility index (Phi) is 9.72. The predicted octanol–water partition coefficient (Wildman–Crippen LogP) is 4.62. The molecular weight excluding hydrogens is 504 g/mol. The summed E-state index contributed by atoms with van der Waals surface area (Å²) in [5.41, 5.74) is 0.866. The number of nitrogens with zero attached hydrogens (tertiary/aromatic N) is 1. The van der Waals surface area contributed by atoms with Gasteiger partial charge in [0.2, 0.25) is 5.91 Å². The molecular formula is C30H41F2N3O4.